The first-order chi connectivity index (χ1) is 30.6. The summed E-state index contributed by atoms with van der Waals surface area (Å²) < 4.78 is 0. The molecular weight excluding hydrogens is 835 g/mol. The molecule has 0 spiro atoms. The van der Waals surface area contributed by atoms with Gasteiger partial charge in [0.25, 0.3) is 0 Å². The molecule has 64 heavy (non-hydrogen) atoms. The smallest absolute Gasteiger partial charge is 0.326 e. The number of aliphatic hydroxyl groups is 2. The third kappa shape index (κ3) is 15.2. The fourth-order valence-electron chi connectivity index (χ4n) is 7.41. The average Bonchev–Trinajstić information content (AvgIpc) is 3.95. The van der Waals surface area contributed by atoms with Crippen molar-refractivity contribution in [2.75, 3.05) is 39.4 Å². The van der Waals surface area contributed by atoms with Gasteiger partial charge in [-0.2, -0.15) is 0 Å². The summed E-state index contributed by atoms with van der Waals surface area (Å²) in [6, 6.07) is -1.87. The third-order valence-electron chi connectivity index (χ3n) is 11.3. The van der Waals surface area contributed by atoms with E-state index < -0.39 is 109 Å². The fourth-order valence-corrected chi connectivity index (χ4v) is 7.41. The molecule has 1 saturated heterocycles. The highest BCUT2D eigenvalue weighted by atomic mass is 16.4. The quantitative estimate of drug-likeness (QED) is 0.0378. The van der Waals surface area contributed by atoms with E-state index >= 15 is 0 Å². The Morgan fingerprint density at radius 1 is 0.750 bits per heavy atom. The average molecular weight is 902 g/mol. The minimum atomic E-state index is -1.65. The van der Waals surface area contributed by atoms with Crippen LogP contribution in [-0.2, 0) is 44.8 Å². The number of hydrogen-bond acceptors (Lipinski definition) is 13. The van der Waals surface area contributed by atoms with Crippen LogP contribution in [0.25, 0.3) is 10.9 Å². The van der Waals surface area contributed by atoms with Gasteiger partial charge in [-0.05, 0) is 82.0 Å². The number of carbonyl (C=O) groups excluding carboxylic acids is 7. The minimum Gasteiger partial charge on any atom is -0.480 e. The van der Waals surface area contributed by atoms with Gasteiger partial charge in [0.05, 0.1) is 19.8 Å². The first kappa shape index (κ1) is 52.7. The molecular formula is C42H67N11O11. The highest BCUT2D eigenvalue weighted by Gasteiger charge is 2.41. The molecule has 356 valence electrons. The normalized spacial score (nSPS) is 16.9. The number of hydrogen-bond donors (Lipinski definition) is 13. The van der Waals surface area contributed by atoms with Gasteiger partial charge in [0.2, 0.25) is 41.4 Å². The molecule has 22 heteroatoms. The van der Waals surface area contributed by atoms with Crippen molar-refractivity contribution in [2.45, 2.75) is 120 Å². The lowest BCUT2D eigenvalue weighted by Crippen LogP contribution is -2.61. The number of rotatable bonds is 28. The van der Waals surface area contributed by atoms with Crippen molar-refractivity contribution >= 4 is 58.2 Å². The first-order valence-corrected chi connectivity index (χ1v) is 21.9. The van der Waals surface area contributed by atoms with Gasteiger partial charge in [-0.3, -0.25) is 33.6 Å². The molecule has 1 fully saturated rings. The van der Waals surface area contributed by atoms with Crippen LogP contribution >= 0.6 is 0 Å². The van der Waals surface area contributed by atoms with Crippen LogP contribution < -0.4 is 49.1 Å². The van der Waals surface area contributed by atoms with Crippen LogP contribution in [0.1, 0.15) is 77.2 Å². The maximum absolute atomic E-state index is 14.6. The van der Waals surface area contributed by atoms with Crippen molar-refractivity contribution in [2.24, 2.45) is 23.1 Å². The molecule has 0 aliphatic carbocycles. The van der Waals surface area contributed by atoms with Crippen LogP contribution in [0.3, 0.4) is 0 Å². The number of benzene rings is 1. The summed E-state index contributed by atoms with van der Waals surface area (Å²) in [6.07, 6.45) is 4.93. The molecule has 1 aromatic carbocycles. The third-order valence-corrected chi connectivity index (χ3v) is 11.3. The number of aromatic nitrogens is 1. The van der Waals surface area contributed by atoms with Crippen LogP contribution in [0.15, 0.2) is 30.5 Å². The number of fused-ring (bicyclic) bond motifs is 1. The van der Waals surface area contributed by atoms with Crippen molar-refractivity contribution in [1.29, 1.82) is 0 Å². The van der Waals surface area contributed by atoms with Crippen molar-refractivity contribution in [3.63, 3.8) is 0 Å². The highest BCUT2D eigenvalue weighted by Crippen LogP contribution is 2.24. The van der Waals surface area contributed by atoms with Gasteiger partial charge in [-0.25, -0.2) is 4.79 Å². The van der Waals surface area contributed by atoms with Crippen molar-refractivity contribution in [1.82, 2.24) is 41.8 Å². The van der Waals surface area contributed by atoms with Crippen LogP contribution in [0.5, 0.6) is 0 Å². The summed E-state index contributed by atoms with van der Waals surface area (Å²) in [5, 5.41) is 45.5. The summed E-state index contributed by atoms with van der Waals surface area (Å²) in [7, 11) is 0. The van der Waals surface area contributed by atoms with E-state index in [2.05, 4.69) is 36.9 Å². The summed E-state index contributed by atoms with van der Waals surface area (Å²) >= 11 is 0. The molecule has 0 saturated carbocycles. The van der Waals surface area contributed by atoms with E-state index in [9.17, 15) is 53.7 Å². The predicted octanol–water partition coefficient (Wildman–Crippen LogP) is -3.06. The number of carboxylic acid groups (broad SMARTS) is 1. The maximum atomic E-state index is 14.6. The number of aromatic amines is 1. The Kier molecular flexibility index (Phi) is 22.1. The van der Waals surface area contributed by atoms with Crippen molar-refractivity contribution in [3.05, 3.63) is 36.0 Å². The molecule has 7 amide bonds. The van der Waals surface area contributed by atoms with E-state index in [0.717, 1.165) is 10.9 Å². The Balaban J connectivity index is 1.85. The zero-order valence-corrected chi connectivity index (χ0v) is 36.6. The number of aliphatic hydroxyl groups excluding tert-OH is 2. The highest BCUT2D eigenvalue weighted by molar-refractivity contribution is 5.98. The second kappa shape index (κ2) is 26.8. The molecule has 16 N–H and O–H groups in total. The number of nitrogens with two attached hydrogens (primary N) is 3. The number of para-hydroxylation sites is 1. The number of nitrogens with one attached hydrogen (secondary N) is 7. The Labute approximate surface area is 371 Å². The number of amides is 7. The molecule has 1 aliphatic heterocycles. The summed E-state index contributed by atoms with van der Waals surface area (Å²) in [4.78, 5) is 111. The summed E-state index contributed by atoms with van der Waals surface area (Å²) in [5.74, 6) is -7.17. The van der Waals surface area contributed by atoms with Crippen molar-refractivity contribution in [3.8, 4) is 0 Å². The topological polar surface area (TPSA) is 367 Å². The van der Waals surface area contributed by atoms with Gasteiger partial charge < -0.3 is 74.3 Å². The monoisotopic (exact) mass is 902 g/mol. The minimum absolute atomic E-state index is 0.0308. The van der Waals surface area contributed by atoms with E-state index in [1.807, 2.05) is 31.2 Å². The Hall–Kier alpha value is -5.68. The van der Waals surface area contributed by atoms with Gasteiger partial charge in [0.1, 0.15) is 42.3 Å². The van der Waals surface area contributed by atoms with Crippen LogP contribution in [0, 0.1) is 5.92 Å². The molecule has 0 radical (unpaired) electrons. The van der Waals surface area contributed by atoms with Crippen LogP contribution in [-0.4, -0.2) is 154 Å². The summed E-state index contributed by atoms with van der Waals surface area (Å²) in [5.41, 5.74) is 18.1. The Morgan fingerprint density at radius 3 is 1.92 bits per heavy atom. The molecule has 1 aromatic heterocycles. The maximum Gasteiger partial charge on any atom is 0.326 e. The van der Waals surface area contributed by atoms with Gasteiger partial charge in [0, 0.05) is 30.1 Å². The lowest BCUT2D eigenvalue weighted by Gasteiger charge is -2.32. The second-order valence-electron chi connectivity index (χ2n) is 16.0. The second-order valence-corrected chi connectivity index (χ2v) is 16.0. The molecule has 1 aliphatic rings. The van der Waals surface area contributed by atoms with Crippen molar-refractivity contribution < 1.29 is 53.7 Å². The summed E-state index contributed by atoms with van der Waals surface area (Å²) in [6.45, 7) is 2.13. The van der Waals surface area contributed by atoms with Gasteiger partial charge >= 0.3 is 5.97 Å². The number of likely N-dealkylation sites (tertiary alicyclic amines) is 1. The lowest BCUT2D eigenvalue weighted by atomic mass is 9.96. The van der Waals surface area contributed by atoms with E-state index in [1.54, 1.807) is 13.1 Å². The van der Waals surface area contributed by atoms with E-state index in [1.165, 1.54) is 4.90 Å². The molecule has 3 rings (SSSR count). The molecule has 0 bridgehead atoms. The Morgan fingerprint density at radius 2 is 1.33 bits per heavy atom. The lowest BCUT2D eigenvalue weighted by molar-refractivity contribution is -0.143. The largest absolute Gasteiger partial charge is 0.480 e. The molecule has 8 atom stereocenters. The number of carboxylic acids is 1. The van der Waals surface area contributed by atoms with Crippen LogP contribution in [0.4, 0.5) is 0 Å². The number of nitrogens with zero attached hydrogens (tertiary/aromatic N) is 1. The molecule has 22 nitrogen and oxygen atoms in total. The first-order valence-electron chi connectivity index (χ1n) is 21.9. The zero-order chi connectivity index (χ0) is 47.3. The molecule has 2 aromatic rings. The standard InChI is InChI=1S/C42H67N11O11/c1-3-24(2)35(52-36(57)28(13-6-8-16-43)47-34(56)20-45)40(61)49-30(19-25-21-46-27-12-5-4-11-26(25)27)41(62)53-18-10-15-33(53)39(60)51-32(23-55)38(59)50-31(22-54)37(58)48-29(42(63)64)14-7-9-17-44/h4-5,11-12,21,24,28-33,35,46,54-55H,3,6-10,13-20,22-23,43-45H2,1-2H3,(H,47,56)(H,48,58)(H,49,61)(H,50,59)(H,51,60)(H,52,57)(H,63,64)/t24-,28-,29-,30-,31-,32-,33-,35-/m0/s1. The SMILES string of the molecule is CC[C@H](C)[C@H](NC(=O)[C@H](CCCCN)NC(=O)CN)C(=O)N[C@@H](Cc1c[nH]c2ccccc12)C(=O)N1CCC[C@H]1C(=O)N[C@@H](CO)C(=O)N[C@@H](CO)C(=O)N[C@@H](CCCCN)C(=O)O. The van der Waals surface area contributed by atoms with E-state index in [-0.39, 0.29) is 38.8 Å². The Bertz CT molecular complexity index is 1900. The zero-order valence-electron chi connectivity index (χ0n) is 36.6. The predicted molar refractivity (Wildman–Crippen MR) is 234 cm³/mol. The number of unbranched alkanes of at least 4 members (excludes halogenated alkanes) is 2. The number of H-pyrrole nitrogens is 1. The fraction of sp³-hybridized carbons (Fsp3) is 0.619. The molecule has 0 unspecified atom stereocenters. The van der Waals surface area contributed by atoms with Crippen LogP contribution in [0.2, 0.25) is 0 Å². The number of carbonyl (C=O) groups is 8. The number of aliphatic carboxylic acids is 1. The molecule has 2 heterocycles. The van der Waals surface area contributed by atoms with E-state index in [4.69, 9.17) is 17.2 Å². The van der Waals surface area contributed by atoms with Gasteiger partial charge in [-0.15, -0.1) is 0 Å². The van der Waals surface area contributed by atoms with Gasteiger partial charge in [0.15, 0.2) is 0 Å². The van der Waals surface area contributed by atoms with E-state index in [0.29, 0.717) is 57.2 Å². The van der Waals surface area contributed by atoms with Gasteiger partial charge in [-0.1, -0.05) is 38.5 Å².